The van der Waals surface area contributed by atoms with Crippen LogP contribution in [0.25, 0.3) is 10.9 Å². The standard InChI is InChI=1S/C23H25N3O4/c1-24-19-8-16(29-2)9-21(30-3)17(19)10-20(24)23(28)25-11-14-7-15(13-25)18-5-4-6-22(27)26(18)12-14/h4-6,8-10,14-15H,7,11-13H2,1-3H3. The highest BCUT2D eigenvalue weighted by atomic mass is 16.5. The molecule has 30 heavy (non-hydrogen) atoms. The van der Waals surface area contributed by atoms with E-state index in [4.69, 9.17) is 9.47 Å². The molecule has 2 atom stereocenters. The predicted molar refractivity (Wildman–Crippen MR) is 113 cm³/mol. The molecule has 1 saturated heterocycles. The van der Waals surface area contributed by atoms with Gasteiger partial charge in [0, 0.05) is 61.9 Å². The van der Waals surface area contributed by atoms with Crippen LogP contribution < -0.4 is 15.0 Å². The first-order valence-corrected chi connectivity index (χ1v) is 10.2. The lowest BCUT2D eigenvalue weighted by molar-refractivity contribution is 0.0585. The minimum Gasteiger partial charge on any atom is -0.497 e. The average molecular weight is 407 g/mol. The van der Waals surface area contributed by atoms with Crippen LogP contribution in [-0.4, -0.2) is 47.3 Å². The number of ether oxygens (including phenoxy) is 2. The lowest BCUT2D eigenvalue weighted by atomic mass is 9.83. The van der Waals surface area contributed by atoms with E-state index in [1.807, 2.05) is 51.4 Å². The monoisotopic (exact) mass is 407 g/mol. The van der Waals surface area contributed by atoms with Gasteiger partial charge in [-0.25, -0.2) is 0 Å². The fraction of sp³-hybridized carbons (Fsp3) is 0.391. The van der Waals surface area contributed by atoms with Crippen molar-refractivity contribution < 1.29 is 14.3 Å². The molecule has 156 valence electrons. The van der Waals surface area contributed by atoms with Gasteiger partial charge in [0.25, 0.3) is 11.5 Å². The number of nitrogens with zero attached hydrogens (tertiary/aromatic N) is 3. The third-order valence-corrected chi connectivity index (χ3v) is 6.54. The molecule has 2 aliphatic rings. The highest BCUT2D eigenvalue weighted by Crippen LogP contribution is 2.37. The van der Waals surface area contributed by atoms with E-state index in [2.05, 4.69) is 0 Å². The molecule has 0 radical (unpaired) electrons. The van der Waals surface area contributed by atoms with E-state index >= 15 is 0 Å². The van der Waals surface area contributed by atoms with Gasteiger partial charge in [-0.1, -0.05) is 6.07 Å². The number of hydrogen-bond donors (Lipinski definition) is 0. The summed E-state index contributed by atoms with van der Waals surface area (Å²) in [5, 5.41) is 0.887. The number of hydrogen-bond acceptors (Lipinski definition) is 4. The summed E-state index contributed by atoms with van der Waals surface area (Å²) in [6, 6.07) is 11.1. The molecule has 2 bridgehead atoms. The second-order valence-corrected chi connectivity index (χ2v) is 8.26. The molecule has 2 aromatic heterocycles. The Morgan fingerprint density at radius 2 is 1.90 bits per heavy atom. The first-order chi connectivity index (χ1) is 14.5. The van der Waals surface area contributed by atoms with E-state index in [0.717, 1.165) is 23.0 Å². The fourth-order valence-corrected chi connectivity index (χ4v) is 5.09. The number of methoxy groups -OCH3 is 2. The number of benzene rings is 1. The molecule has 1 fully saturated rings. The number of pyridine rings is 1. The van der Waals surface area contributed by atoms with Crippen molar-refractivity contribution in [3.8, 4) is 11.5 Å². The molecule has 5 rings (SSSR count). The molecular formula is C23H25N3O4. The number of aromatic nitrogens is 2. The van der Waals surface area contributed by atoms with Gasteiger partial charge in [-0.3, -0.25) is 9.59 Å². The number of piperidine rings is 1. The minimum atomic E-state index is 0.0103. The van der Waals surface area contributed by atoms with E-state index in [1.165, 1.54) is 0 Å². The van der Waals surface area contributed by atoms with Crippen LogP contribution in [0.3, 0.4) is 0 Å². The Morgan fingerprint density at radius 1 is 1.07 bits per heavy atom. The number of carbonyl (C=O) groups is 1. The second kappa shape index (κ2) is 6.93. The van der Waals surface area contributed by atoms with Crippen molar-refractivity contribution in [1.82, 2.24) is 14.0 Å². The molecular weight excluding hydrogens is 382 g/mol. The van der Waals surface area contributed by atoms with Gasteiger partial charge < -0.3 is 23.5 Å². The van der Waals surface area contributed by atoms with Gasteiger partial charge in [-0.2, -0.15) is 0 Å². The zero-order valence-electron chi connectivity index (χ0n) is 17.4. The van der Waals surface area contributed by atoms with Gasteiger partial charge in [-0.15, -0.1) is 0 Å². The van der Waals surface area contributed by atoms with Crippen molar-refractivity contribution in [2.45, 2.75) is 18.9 Å². The maximum absolute atomic E-state index is 13.5. The van der Waals surface area contributed by atoms with Crippen molar-refractivity contribution in [2.24, 2.45) is 13.0 Å². The summed E-state index contributed by atoms with van der Waals surface area (Å²) in [6.07, 6.45) is 1.02. The Bertz CT molecular complexity index is 1210. The van der Waals surface area contributed by atoms with Gasteiger partial charge in [0.1, 0.15) is 17.2 Å². The van der Waals surface area contributed by atoms with E-state index in [1.54, 1.807) is 20.3 Å². The molecule has 4 heterocycles. The number of aryl methyl sites for hydroxylation is 1. The van der Waals surface area contributed by atoms with Gasteiger partial charge in [0.05, 0.1) is 19.7 Å². The minimum absolute atomic E-state index is 0.0103. The average Bonchev–Trinajstić information content (AvgIpc) is 3.09. The van der Waals surface area contributed by atoms with Crippen LogP contribution in [0.1, 0.15) is 28.5 Å². The van der Waals surface area contributed by atoms with Crippen LogP contribution in [-0.2, 0) is 13.6 Å². The molecule has 2 aliphatic heterocycles. The molecule has 0 saturated carbocycles. The smallest absolute Gasteiger partial charge is 0.270 e. The maximum Gasteiger partial charge on any atom is 0.270 e. The summed E-state index contributed by atoms with van der Waals surface area (Å²) >= 11 is 0. The lowest BCUT2D eigenvalue weighted by Crippen LogP contribution is -2.49. The zero-order chi connectivity index (χ0) is 21.0. The molecule has 0 spiro atoms. The number of fused-ring (bicyclic) bond motifs is 5. The second-order valence-electron chi connectivity index (χ2n) is 8.26. The first-order valence-electron chi connectivity index (χ1n) is 10.2. The van der Waals surface area contributed by atoms with Gasteiger partial charge in [0.15, 0.2) is 0 Å². The van der Waals surface area contributed by atoms with Crippen LogP contribution in [0, 0.1) is 5.92 Å². The summed E-state index contributed by atoms with van der Waals surface area (Å²) in [6.45, 7) is 1.97. The van der Waals surface area contributed by atoms with Crippen LogP contribution in [0.15, 0.2) is 41.2 Å². The van der Waals surface area contributed by atoms with E-state index in [0.29, 0.717) is 42.7 Å². The summed E-state index contributed by atoms with van der Waals surface area (Å²) in [5.74, 6) is 1.87. The Kier molecular flexibility index (Phi) is 4.34. The van der Waals surface area contributed by atoms with Crippen LogP contribution in [0.5, 0.6) is 11.5 Å². The fourth-order valence-electron chi connectivity index (χ4n) is 5.09. The molecule has 0 aliphatic carbocycles. The van der Waals surface area contributed by atoms with E-state index in [9.17, 15) is 9.59 Å². The molecule has 7 nitrogen and oxygen atoms in total. The quantitative estimate of drug-likeness (QED) is 0.670. The van der Waals surface area contributed by atoms with Gasteiger partial charge >= 0.3 is 0 Å². The number of carbonyl (C=O) groups excluding carboxylic acids is 1. The predicted octanol–water partition coefficient (Wildman–Crippen LogP) is 2.62. The molecule has 2 unspecified atom stereocenters. The highest BCUT2D eigenvalue weighted by Gasteiger charge is 2.37. The summed E-state index contributed by atoms with van der Waals surface area (Å²) in [7, 11) is 5.13. The Balaban J connectivity index is 1.51. The molecule has 1 amide bonds. The Morgan fingerprint density at radius 3 is 2.67 bits per heavy atom. The lowest BCUT2D eigenvalue weighted by Gasteiger charge is -2.42. The summed E-state index contributed by atoms with van der Waals surface area (Å²) in [5.41, 5.74) is 2.61. The molecule has 1 aromatic carbocycles. The molecule has 0 N–H and O–H groups in total. The first kappa shape index (κ1) is 18.8. The van der Waals surface area contributed by atoms with Crippen molar-refractivity contribution in [3.05, 3.63) is 58.1 Å². The van der Waals surface area contributed by atoms with Crippen molar-refractivity contribution >= 4 is 16.8 Å². The number of rotatable bonds is 3. The Labute approximate surface area is 174 Å². The van der Waals surface area contributed by atoms with E-state index in [-0.39, 0.29) is 17.4 Å². The van der Waals surface area contributed by atoms with Crippen LogP contribution in [0.4, 0.5) is 0 Å². The third kappa shape index (κ3) is 2.80. The van der Waals surface area contributed by atoms with Crippen LogP contribution >= 0.6 is 0 Å². The summed E-state index contributed by atoms with van der Waals surface area (Å²) < 4.78 is 14.7. The molecule has 7 heteroatoms. The molecule has 3 aromatic rings. The zero-order valence-corrected chi connectivity index (χ0v) is 17.4. The summed E-state index contributed by atoms with van der Waals surface area (Å²) in [4.78, 5) is 27.7. The number of amides is 1. The normalized spacial score (nSPS) is 20.2. The SMILES string of the molecule is COc1cc(OC)c2cc(C(=O)N3CC4CC(C3)c3cccc(=O)n3C4)n(C)c2c1. The van der Waals surface area contributed by atoms with Gasteiger partial charge in [-0.05, 0) is 24.5 Å². The maximum atomic E-state index is 13.5. The largest absolute Gasteiger partial charge is 0.497 e. The van der Waals surface area contributed by atoms with Crippen molar-refractivity contribution in [2.75, 3.05) is 27.3 Å². The third-order valence-electron chi connectivity index (χ3n) is 6.54. The van der Waals surface area contributed by atoms with Crippen LogP contribution in [0.2, 0.25) is 0 Å². The topological polar surface area (TPSA) is 65.7 Å². The van der Waals surface area contributed by atoms with E-state index < -0.39 is 0 Å². The number of likely N-dealkylation sites (tertiary alicyclic amines) is 1. The van der Waals surface area contributed by atoms with Crippen molar-refractivity contribution in [1.29, 1.82) is 0 Å². The van der Waals surface area contributed by atoms with Crippen molar-refractivity contribution in [3.63, 3.8) is 0 Å². The van der Waals surface area contributed by atoms with Gasteiger partial charge in [0.2, 0.25) is 0 Å². The Hall–Kier alpha value is -3.22. The highest BCUT2D eigenvalue weighted by molar-refractivity contribution is 6.01.